The van der Waals surface area contributed by atoms with Gasteiger partial charge in [-0.05, 0) is 44.3 Å². The maximum atomic E-state index is 13.6. The van der Waals surface area contributed by atoms with Crippen LogP contribution < -0.4 is 16.0 Å². The van der Waals surface area contributed by atoms with Crippen molar-refractivity contribution in [2.45, 2.75) is 70.3 Å². The fourth-order valence-electron chi connectivity index (χ4n) is 4.76. The number of methoxy groups -OCH3 is 1. The van der Waals surface area contributed by atoms with Gasteiger partial charge in [-0.25, -0.2) is 0 Å². The molecule has 4 rings (SSSR count). The Morgan fingerprint density at radius 3 is 2.29 bits per heavy atom. The van der Waals surface area contributed by atoms with E-state index in [1.54, 1.807) is 13.0 Å². The van der Waals surface area contributed by atoms with E-state index in [-0.39, 0.29) is 30.4 Å². The highest BCUT2D eigenvalue weighted by molar-refractivity contribution is 5.99. The number of ether oxygens (including phenoxy) is 2. The van der Waals surface area contributed by atoms with E-state index in [4.69, 9.17) is 14.0 Å². The van der Waals surface area contributed by atoms with Crippen LogP contribution in [-0.2, 0) is 36.8 Å². The number of carbonyl (C=O) groups excluding carboxylic acids is 4. The van der Waals surface area contributed by atoms with Crippen LogP contribution >= 0.6 is 0 Å². The molecule has 12 nitrogen and oxygen atoms in total. The van der Waals surface area contributed by atoms with Gasteiger partial charge in [-0.1, -0.05) is 49.3 Å². The number of nitrogens with one attached hydrogen (secondary N) is 3. The van der Waals surface area contributed by atoms with Crippen molar-refractivity contribution in [2.24, 2.45) is 5.92 Å². The van der Waals surface area contributed by atoms with Crippen molar-refractivity contribution in [1.29, 1.82) is 0 Å². The van der Waals surface area contributed by atoms with Gasteiger partial charge in [0.2, 0.25) is 11.8 Å². The Morgan fingerprint density at radius 1 is 1.02 bits per heavy atom. The zero-order chi connectivity index (χ0) is 30.3. The molecule has 1 aromatic carbocycles. The van der Waals surface area contributed by atoms with Crippen LogP contribution in [0.1, 0.15) is 55.4 Å². The summed E-state index contributed by atoms with van der Waals surface area (Å²) < 4.78 is 15.8. The molecule has 0 radical (unpaired) electrons. The third kappa shape index (κ3) is 8.46. The average molecular weight is 584 g/mol. The topological polar surface area (TPSA) is 155 Å². The Balaban J connectivity index is 1.46. The van der Waals surface area contributed by atoms with Gasteiger partial charge in [-0.2, -0.15) is 0 Å². The van der Waals surface area contributed by atoms with E-state index in [0.717, 1.165) is 25.1 Å². The Bertz CT molecular complexity index is 1240. The van der Waals surface area contributed by atoms with Crippen molar-refractivity contribution in [3.05, 3.63) is 53.4 Å². The first-order chi connectivity index (χ1) is 20.1. The lowest BCUT2D eigenvalue weighted by Gasteiger charge is -2.29. The number of nitrogens with zero attached hydrogens (tertiary/aromatic N) is 2. The molecular weight excluding hydrogens is 542 g/mol. The molecule has 0 saturated carbocycles. The van der Waals surface area contributed by atoms with Gasteiger partial charge in [0.25, 0.3) is 5.91 Å². The number of benzene rings is 1. The van der Waals surface area contributed by atoms with Crippen LogP contribution in [0.15, 0.2) is 40.9 Å². The molecule has 3 amide bonds. The lowest BCUT2D eigenvalue weighted by molar-refractivity contribution is -0.133. The molecule has 3 N–H and O–H groups in total. The van der Waals surface area contributed by atoms with Crippen LogP contribution in [0.4, 0.5) is 0 Å². The van der Waals surface area contributed by atoms with Crippen LogP contribution in [0, 0.1) is 5.92 Å². The largest absolute Gasteiger partial charge is 0.382 e. The highest BCUT2D eigenvalue weighted by atomic mass is 16.6. The first-order valence-corrected chi connectivity index (χ1v) is 14.4. The summed E-state index contributed by atoms with van der Waals surface area (Å²) in [5.41, 5.74) is -0.0505. The number of epoxide rings is 1. The molecule has 2 saturated heterocycles. The quantitative estimate of drug-likeness (QED) is 0.248. The molecule has 0 bridgehead atoms. The number of hydrogen-bond acceptors (Lipinski definition) is 9. The summed E-state index contributed by atoms with van der Waals surface area (Å²) in [6.45, 7) is 8.30. The second-order valence-electron chi connectivity index (χ2n) is 11.6. The molecule has 3 heterocycles. The normalized spacial score (nSPS) is 20.2. The summed E-state index contributed by atoms with van der Waals surface area (Å²) in [5, 5.41) is 12.1. The third-order valence-electron chi connectivity index (χ3n) is 7.43. The molecule has 0 unspecified atom stereocenters. The molecule has 2 aliphatic rings. The predicted molar refractivity (Wildman–Crippen MR) is 152 cm³/mol. The molecule has 4 atom stereocenters. The number of rotatable bonds is 16. The third-order valence-corrected chi connectivity index (χ3v) is 7.43. The minimum absolute atomic E-state index is 0.0452. The highest BCUT2D eigenvalue weighted by Crippen LogP contribution is 2.29. The van der Waals surface area contributed by atoms with Gasteiger partial charge in [0.1, 0.15) is 17.7 Å². The first-order valence-electron chi connectivity index (χ1n) is 14.4. The van der Waals surface area contributed by atoms with Gasteiger partial charge < -0.3 is 29.9 Å². The number of hydrogen-bond donors (Lipinski definition) is 3. The Hall–Kier alpha value is -3.61. The minimum Gasteiger partial charge on any atom is -0.382 e. The van der Waals surface area contributed by atoms with Crippen molar-refractivity contribution in [3.8, 4) is 0 Å². The summed E-state index contributed by atoms with van der Waals surface area (Å²) in [7, 11) is 1.41. The van der Waals surface area contributed by atoms with Crippen molar-refractivity contribution in [2.75, 3.05) is 33.4 Å². The van der Waals surface area contributed by atoms with Gasteiger partial charge in [-0.15, -0.1) is 0 Å². The molecule has 2 aliphatic heterocycles. The van der Waals surface area contributed by atoms with E-state index >= 15 is 0 Å². The van der Waals surface area contributed by atoms with Gasteiger partial charge in [-0.3, -0.25) is 24.1 Å². The highest BCUT2D eigenvalue weighted by Gasteiger charge is 2.50. The number of amides is 3. The average Bonchev–Trinajstić information content (AvgIpc) is 3.51. The Kier molecular flexibility index (Phi) is 10.5. The molecule has 12 heteroatoms. The zero-order valence-electron chi connectivity index (χ0n) is 24.7. The summed E-state index contributed by atoms with van der Waals surface area (Å²) in [6.07, 6.45) is 1.72. The lowest BCUT2D eigenvalue weighted by atomic mass is 9.93. The molecule has 228 valence electrons. The SMILES string of the molecule is COC[C@H](NC(=O)c1cc(CN2CCC2)on1)C(=O)N[C@@H](Cc1ccccc1)C(=O)N[C@@H](CC(C)C)C(=O)[C@@]1(C)CO1. The number of carbonyl (C=O) groups is 4. The van der Waals surface area contributed by atoms with E-state index < -0.39 is 41.4 Å². The monoisotopic (exact) mass is 583 g/mol. The molecule has 1 aromatic heterocycles. The lowest BCUT2D eigenvalue weighted by Crippen LogP contribution is -2.58. The first kappa shape index (κ1) is 31.3. The molecule has 2 fully saturated rings. The Labute approximate surface area is 245 Å². The predicted octanol–water partition coefficient (Wildman–Crippen LogP) is 1.24. The molecule has 0 spiro atoms. The van der Waals surface area contributed by atoms with Gasteiger partial charge in [0.05, 0.1) is 25.8 Å². The van der Waals surface area contributed by atoms with Gasteiger partial charge in [0, 0.05) is 19.6 Å². The smallest absolute Gasteiger partial charge is 0.274 e. The standard InChI is InChI=1S/C30H41N5O7/c1-19(2)13-22(26(36)30(3)18-41-30)31-27(37)23(14-20-9-6-5-7-10-20)32-29(39)25(17-40-4)33-28(38)24-15-21(42-34-24)16-35-11-8-12-35/h5-7,9-10,15,19,22-23,25H,8,11-14,16-18H2,1-4H3,(H,31,37)(H,32,39)(H,33,38)/t22-,23-,25-,30+/m0/s1. The van der Waals surface area contributed by atoms with E-state index in [2.05, 4.69) is 26.0 Å². The van der Waals surface area contributed by atoms with Crippen molar-refractivity contribution >= 4 is 23.5 Å². The Morgan fingerprint density at radius 2 is 1.69 bits per heavy atom. The summed E-state index contributed by atoms with van der Waals surface area (Å²) in [5.74, 6) is -1.23. The number of Topliss-reactive ketones (excluding diaryl/α,β-unsaturated/α-hetero) is 1. The molecule has 0 aliphatic carbocycles. The summed E-state index contributed by atoms with van der Waals surface area (Å²) >= 11 is 0. The molecule has 2 aromatic rings. The second-order valence-corrected chi connectivity index (χ2v) is 11.6. The van der Waals surface area contributed by atoms with E-state index in [1.807, 2.05) is 44.2 Å². The summed E-state index contributed by atoms with van der Waals surface area (Å²) in [4.78, 5) is 55.3. The van der Waals surface area contributed by atoms with Crippen molar-refractivity contribution in [1.82, 2.24) is 26.0 Å². The van der Waals surface area contributed by atoms with E-state index in [9.17, 15) is 19.2 Å². The molecular formula is C30H41N5O7. The van der Waals surface area contributed by atoms with Crippen LogP contribution in [0.3, 0.4) is 0 Å². The maximum Gasteiger partial charge on any atom is 0.274 e. The van der Waals surface area contributed by atoms with Crippen LogP contribution in [0.25, 0.3) is 0 Å². The van der Waals surface area contributed by atoms with Gasteiger partial charge >= 0.3 is 0 Å². The second kappa shape index (κ2) is 14.0. The fraction of sp³-hybridized carbons (Fsp3) is 0.567. The van der Waals surface area contributed by atoms with Crippen molar-refractivity contribution in [3.63, 3.8) is 0 Å². The van der Waals surface area contributed by atoms with Crippen LogP contribution in [0.2, 0.25) is 0 Å². The zero-order valence-corrected chi connectivity index (χ0v) is 24.7. The number of likely N-dealkylation sites (tertiary alicyclic amines) is 1. The molecule has 42 heavy (non-hydrogen) atoms. The fourth-order valence-corrected chi connectivity index (χ4v) is 4.76. The minimum atomic E-state index is -1.11. The maximum absolute atomic E-state index is 13.6. The van der Waals surface area contributed by atoms with Crippen molar-refractivity contribution < 1.29 is 33.2 Å². The number of aromatic nitrogens is 1. The van der Waals surface area contributed by atoms with E-state index in [1.165, 1.54) is 7.11 Å². The van der Waals surface area contributed by atoms with Gasteiger partial charge in [0.15, 0.2) is 17.2 Å². The summed E-state index contributed by atoms with van der Waals surface area (Å²) in [6, 6.07) is 7.86. The van der Waals surface area contributed by atoms with Crippen LogP contribution in [-0.4, -0.2) is 90.7 Å². The van der Waals surface area contributed by atoms with E-state index in [0.29, 0.717) is 25.3 Å². The van der Waals surface area contributed by atoms with Crippen LogP contribution in [0.5, 0.6) is 0 Å². The number of ketones is 1.